The summed E-state index contributed by atoms with van der Waals surface area (Å²) in [4.78, 5) is 8.57. The molecule has 0 bridgehead atoms. The molecule has 0 N–H and O–H groups in total. The maximum absolute atomic E-state index is 8.57. The van der Waals surface area contributed by atoms with Crippen molar-refractivity contribution in [2.75, 3.05) is 0 Å². The first kappa shape index (κ1) is 29.7. The van der Waals surface area contributed by atoms with E-state index in [0.717, 1.165) is 50.8 Å². The van der Waals surface area contributed by atoms with Crippen LogP contribution < -0.4 is 9.47 Å². The van der Waals surface area contributed by atoms with Gasteiger partial charge in [0, 0.05) is 17.2 Å². The summed E-state index contributed by atoms with van der Waals surface area (Å²) in [7, 11) is 0. The second-order valence-corrected chi connectivity index (χ2v) is 8.57. The average Bonchev–Trinajstić information content (AvgIpc) is 3.26. The zero-order chi connectivity index (χ0) is 27.2. The Morgan fingerprint density at radius 3 is 1.78 bits per heavy atom. The summed E-state index contributed by atoms with van der Waals surface area (Å²) in [6.07, 6.45) is 0. The van der Waals surface area contributed by atoms with Crippen molar-refractivity contribution < 1.29 is 18.8 Å². The number of aromatic nitrogens is 1. The highest BCUT2D eigenvalue weighted by Crippen LogP contribution is 2.41. The van der Waals surface area contributed by atoms with Gasteiger partial charge in [0.1, 0.15) is 36.2 Å². The van der Waals surface area contributed by atoms with Gasteiger partial charge in [-0.15, -0.1) is 0 Å². The van der Waals surface area contributed by atoms with Gasteiger partial charge in [-0.25, -0.2) is 0 Å². The summed E-state index contributed by atoms with van der Waals surface area (Å²) in [6, 6.07) is 24.5. The van der Waals surface area contributed by atoms with E-state index in [1.165, 1.54) is 0 Å². The van der Waals surface area contributed by atoms with Gasteiger partial charge in [-0.1, -0.05) is 93.5 Å². The standard InChI is InChI=1S/C28H29NO3.C2H6.CHClO/c1-19(2)24-15-25(28-20(3)21(4)32-29-28)27(31-18-23-13-9-6-10-14-23)16-26(24)30-17-22-11-7-5-8-12-22;1-2;2-1-3/h5-16,19H,17-18H2,1-4H3;1-2H3;1H. The van der Waals surface area contributed by atoms with E-state index >= 15 is 0 Å². The Labute approximate surface area is 225 Å². The number of rotatable bonds is 8. The molecule has 0 atom stereocenters. The number of carbonyl (C=O) groups is 1. The van der Waals surface area contributed by atoms with Crippen molar-refractivity contribution in [2.45, 2.75) is 60.7 Å². The maximum Gasteiger partial charge on any atom is 0.208 e. The minimum atomic E-state index is 0.222. The quantitative estimate of drug-likeness (QED) is 0.171. The van der Waals surface area contributed by atoms with Gasteiger partial charge in [-0.05, 0) is 54.1 Å². The van der Waals surface area contributed by atoms with Crippen LogP contribution in [-0.2, 0) is 18.0 Å². The van der Waals surface area contributed by atoms with Crippen LogP contribution in [0.2, 0.25) is 0 Å². The maximum atomic E-state index is 8.57. The van der Waals surface area contributed by atoms with Gasteiger partial charge in [0.05, 0.1) is 0 Å². The van der Waals surface area contributed by atoms with E-state index in [2.05, 4.69) is 60.9 Å². The number of halogens is 1. The molecule has 37 heavy (non-hydrogen) atoms. The predicted octanol–water partition coefficient (Wildman–Crippen LogP) is 8.68. The van der Waals surface area contributed by atoms with Crippen LogP contribution in [0, 0.1) is 13.8 Å². The molecule has 3 aromatic carbocycles. The largest absolute Gasteiger partial charge is 0.488 e. The van der Waals surface area contributed by atoms with E-state index < -0.39 is 0 Å². The van der Waals surface area contributed by atoms with Gasteiger partial charge >= 0.3 is 0 Å². The summed E-state index contributed by atoms with van der Waals surface area (Å²) in [5, 5.41) is 4.33. The molecule has 0 spiro atoms. The van der Waals surface area contributed by atoms with Crippen molar-refractivity contribution in [3.05, 3.63) is 101 Å². The Morgan fingerprint density at radius 2 is 1.35 bits per heavy atom. The zero-order valence-corrected chi connectivity index (χ0v) is 23.2. The summed E-state index contributed by atoms with van der Waals surface area (Å²) >= 11 is 4.32. The molecule has 4 rings (SSSR count). The summed E-state index contributed by atoms with van der Waals surface area (Å²) < 4.78 is 18.1. The second kappa shape index (κ2) is 15.5. The van der Waals surface area contributed by atoms with Crippen LogP contribution >= 0.6 is 11.6 Å². The minimum Gasteiger partial charge on any atom is -0.488 e. The van der Waals surface area contributed by atoms with Gasteiger partial charge in [0.2, 0.25) is 5.75 Å². The van der Waals surface area contributed by atoms with Gasteiger partial charge in [-0.3, -0.25) is 4.79 Å². The van der Waals surface area contributed by atoms with Gasteiger partial charge in [-0.2, -0.15) is 0 Å². The predicted molar refractivity (Wildman–Crippen MR) is 151 cm³/mol. The van der Waals surface area contributed by atoms with E-state index in [4.69, 9.17) is 18.8 Å². The van der Waals surface area contributed by atoms with Crippen molar-refractivity contribution >= 4 is 17.3 Å². The molecule has 196 valence electrons. The topological polar surface area (TPSA) is 61.6 Å². The monoisotopic (exact) mass is 521 g/mol. The van der Waals surface area contributed by atoms with Crippen molar-refractivity contribution in [1.82, 2.24) is 5.16 Å². The molecule has 0 unspecified atom stereocenters. The molecule has 1 aromatic heterocycles. The molecular weight excluding hydrogens is 486 g/mol. The summed E-state index contributed by atoms with van der Waals surface area (Å²) in [6.45, 7) is 13.2. The molecule has 0 saturated carbocycles. The Hall–Kier alpha value is -3.57. The smallest absolute Gasteiger partial charge is 0.208 e. The molecule has 6 heteroatoms. The molecule has 0 amide bonds. The lowest BCUT2D eigenvalue weighted by molar-refractivity contribution is 0.287. The number of ether oxygens (including phenoxy) is 2. The third-order valence-electron chi connectivity index (χ3n) is 5.62. The Balaban J connectivity index is 0.000000898. The summed E-state index contributed by atoms with van der Waals surface area (Å²) in [5.74, 6) is 2.87. The van der Waals surface area contributed by atoms with E-state index in [1.807, 2.05) is 70.2 Å². The molecule has 0 aliphatic rings. The number of hydrogen-bond acceptors (Lipinski definition) is 5. The van der Waals surface area contributed by atoms with Crippen molar-refractivity contribution in [2.24, 2.45) is 0 Å². The fourth-order valence-electron chi connectivity index (χ4n) is 3.60. The van der Waals surface area contributed by atoms with Crippen molar-refractivity contribution in [1.29, 1.82) is 0 Å². The van der Waals surface area contributed by atoms with Gasteiger partial charge < -0.3 is 14.0 Å². The number of benzene rings is 3. The molecule has 1 heterocycles. The normalized spacial score (nSPS) is 10.1. The molecule has 0 aliphatic heterocycles. The lowest BCUT2D eigenvalue weighted by Crippen LogP contribution is -2.04. The van der Waals surface area contributed by atoms with Crippen LogP contribution in [0.1, 0.15) is 61.6 Å². The molecular formula is C31H36ClNO4. The highest BCUT2D eigenvalue weighted by atomic mass is 35.5. The molecule has 4 aromatic rings. The average molecular weight is 522 g/mol. The van der Waals surface area contributed by atoms with Crippen LogP contribution in [0.4, 0.5) is 0 Å². The van der Waals surface area contributed by atoms with E-state index in [-0.39, 0.29) is 11.7 Å². The molecule has 0 aliphatic carbocycles. The molecule has 5 nitrogen and oxygen atoms in total. The highest BCUT2D eigenvalue weighted by molar-refractivity contribution is 6.54. The van der Waals surface area contributed by atoms with Crippen molar-refractivity contribution in [3.8, 4) is 22.8 Å². The fraction of sp³-hybridized carbons (Fsp3) is 0.290. The summed E-state index contributed by atoms with van der Waals surface area (Å²) in [5.41, 5.74) is 6.09. The van der Waals surface area contributed by atoms with Crippen LogP contribution in [0.3, 0.4) is 0 Å². The Morgan fingerprint density at radius 1 is 0.865 bits per heavy atom. The first-order chi connectivity index (χ1) is 17.9. The van der Waals surface area contributed by atoms with E-state index in [1.54, 1.807) is 0 Å². The lowest BCUT2D eigenvalue weighted by atomic mass is 9.96. The third kappa shape index (κ3) is 8.50. The van der Waals surface area contributed by atoms with Crippen LogP contribution in [-0.4, -0.2) is 10.9 Å². The van der Waals surface area contributed by atoms with Gasteiger partial charge in [0.15, 0.2) is 0 Å². The van der Waals surface area contributed by atoms with E-state index in [9.17, 15) is 0 Å². The first-order valence-corrected chi connectivity index (χ1v) is 12.9. The first-order valence-electron chi connectivity index (χ1n) is 12.4. The van der Waals surface area contributed by atoms with Crippen LogP contribution in [0.15, 0.2) is 77.3 Å². The number of aryl methyl sites for hydroxylation is 1. The molecule has 0 fully saturated rings. The number of hydrogen-bond donors (Lipinski definition) is 0. The Kier molecular flexibility index (Phi) is 12.4. The van der Waals surface area contributed by atoms with Crippen molar-refractivity contribution in [3.63, 3.8) is 0 Å². The van der Waals surface area contributed by atoms with Gasteiger partial charge in [0.25, 0.3) is 0 Å². The SMILES string of the molecule is CC.Cc1onc(-c2cc(C(C)C)c(OCc3ccccc3)cc2OCc2ccccc2)c1C.O=CCl. The number of carbonyl (C=O) groups excluding carboxylic acids is 1. The number of nitrogens with zero attached hydrogens (tertiary/aromatic N) is 1. The molecule has 0 radical (unpaired) electrons. The van der Waals surface area contributed by atoms with Crippen LogP contribution in [0.25, 0.3) is 11.3 Å². The minimum absolute atomic E-state index is 0.222. The second-order valence-electron chi connectivity index (χ2n) is 8.39. The zero-order valence-electron chi connectivity index (χ0n) is 22.5. The van der Waals surface area contributed by atoms with E-state index in [0.29, 0.717) is 13.2 Å². The highest BCUT2D eigenvalue weighted by Gasteiger charge is 2.21. The molecule has 0 saturated heterocycles. The lowest BCUT2D eigenvalue weighted by Gasteiger charge is -2.19. The Bertz CT molecular complexity index is 1220. The third-order valence-corrected chi connectivity index (χ3v) is 5.62. The van der Waals surface area contributed by atoms with Crippen LogP contribution in [0.5, 0.6) is 11.5 Å². The fourth-order valence-corrected chi connectivity index (χ4v) is 3.60.